The highest BCUT2D eigenvalue weighted by molar-refractivity contribution is 6.15. The molecule has 0 aliphatic heterocycles. The van der Waals surface area contributed by atoms with Gasteiger partial charge < -0.3 is 20.7 Å². The van der Waals surface area contributed by atoms with Crippen molar-refractivity contribution in [3.05, 3.63) is 0 Å². The van der Waals surface area contributed by atoms with E-state index in [1.54, 1.807) is 14.1 Å². The fraction of sp³-hybridized carbons (Fsp3) is 0.933. The number of halogens is 1. The monoisotopic (exact) mass is 527 g/mol. The number of nitrogens with zero attached hydrogens (tertiary/aromatic N) is 1. The Morgan fingerprint density at radius 2 is 1.61 bits per heavy atom. The molecule has 6 heteroatoms. The number of hydrogen-bond donors (Lipinski definition) is 3. The lowest BCUT2D eigenvalue weighted by molar-refractivity contribution is -0.113. The molecule has 4 saturated carbocycles. The summed E-state index contributed by atoms with van der Waals surface area (Å²) in [5.41, 5.74) is 2.08. The molecule has 212 valence electrons. The molecule has 0 bridgehead atoms. The van der Waals surface area contributed by atoms with Gasteiger partial charge in [0.15, 0.2) is 0 Å². The highest BCUT2D eigenvalue weighted by atomic mass is 35.5. The average Bonchev–Trinajstić information content (AvgIpc) is 3.23. The van der Waals surface area contributed by atoms with Gasteiger partial charge in [0.2, 0.25) is 0 Å². The summed E-state index contributed by atoms with van der Waals surface area (Å²) >= 11 is 4.64. The molecule has 36 heavy (non-hydrogen) atoms. The number of amides is 1. The van der Waals surface area contributed by atoms with Crippen LogP contribution < -0.4 is 5.32 Å². The predicted molar refractivity (Wildman–Crippen MR) is 155 cm³/mol. The molecule has 4 rings (SSSR count). The number of carbonyl (C=O) groups is 1. The van der Waals surface area contributed by atoms with Gasteiger partial charge in [-0.3, -0.25) is 0 Å². The van der Waals surface area contributed by atoms with Crippen LogP contribution in [0.25, 0.3) is 0 Å². The van der Waals surface area contributed by atoms with Gasteiger partial charge in [-0.05, 0) is 106 Å². The lowest BCUT2D eigenvalue weighted by Gasteiger charge is -2.61. The molecule has 0 saturated heterocycles. The van der Waals surface area contributed by atoms with E-state index in [2.05, 4.69) is 44.6 Å². The van der Waals surface area contributed by atoms with E-state index in [1.165, 1.54) is 69.1 Å². The third kappa shape index (κ3) is 7.18. The Morgan fingerprint density at radius 1 is 1.03 bits per heavy atom. The molecule has 0 radical (unpaired) electrons. The van der Waals surface area contributed by atoms with Crippen molar-refractivity contribution in [1.82, 2.24) is 10.2 Å². The van der Waals surface area contributed by atoms with Crippen molar-refractivity contribution in [2.24, 2.45) is 46.3 Å². The van der Waals surface area contributed by atoms with Crippen molar-refractivity contribution in [3.8, 4) is 0 Å². The van der Waals surface area contributed by atoms with E-state index < -0.39 is 6.09 Å². The van der Waals surface area contributed by atoms with Gasteiger partial charge in [-0.25, -0.2) is 4.79 Å². The largest absolute Gasteiger partial charge is 0.465 e. The molecule has 4 aliphatic carbocycles. The first-order valence-corrected chi connectivity index (χ1v) is 15.3. The van der Waals surface area contributed by atoms with Gasteiger partial charge in [0.25, 0.3) is 0 Å². The minimum atomic E-state index is -0.884. The van der Waals surface area contributed by atoms with Crippen LogP contribution in [-0.2, 0) is 0 Å². The molecule has 0 spiro atoms. The predicted octanol–water partition coefficient (Wildman–Crippen LogP) is 8.02. The summed E-state index contributed by atoms with van der Waals surface area (Å²) in [7, 11) is 3.33. The summed E-state index contributed by atoms with van der Waals surface area (Å²) in [6.07, 6.45) is 13.6. The van der Waals surface area contributed by atoms with Crippen LogP contribution in [0.2, 0.25) is 0 Å². The summed E-state index contributed by atoms with van der Waals surface area (Å²) in [4.78, 5) is 11.3. The van der Waals surface area contributed by atoms with E-state index >= 15 is 0 Å². The first-order chi connectivity index (χ1) is 17.0. The molecule has 0 aromatic carbocycles. The number of carboxylic acid groups (broad SMARTS) is 1. The average molecular weight is 528 g/mol. The zero-order valence-corrected chi connectivity index (χ0v) is 25.7. The maximum atomic E-state index is 10.1. The maximum absolute atomic E-state index is 10.1. The molecule has 0 heterocycles. The molecule has 0 aromatic heterocycles. The first kappa shape index (κ1) is 33.2. The van der Waals surface area contributed by atoms with E-state index in [-0.39, 0.29) is 0 Å². The second kappa shape index (κ2) is 15.0. The van der Waals surface area contributed by atoms with Crippen molar-refractivity contribution in [2.45, 2.75) is 99.3 Å². The Bertz CT molecular complexity index is 689. The van der Waals surface area contributed by atoms with Gasteiger partial charge >= 0.3 is 6.09 Å². The number of nitrogens with one attached hydrogen (secondary N) is 2. The minimum absolute atomic E-state index is 0.457. The summed E-state index contributed by atoms with van der Waals surface area (Å²) in [5.74, 6) is 5.46. The standard InChI is InChI=1S/C22H37N.C5H12N2O2.C2H6.CH3Cl/c1-14-9-11-21(3)16(13-14)5-6-17-19-8-7-18(15(2)23)22(19,4)12-10-20(17)21;1-6-3-4-7(2)5(8)9;2*1-2/h14,16-20,23H,5-13H2,1-4H3;6H,3-4H2,1-2H3,(H,8,9);1-2H3;1H3. The van der Waals surface area contributed by atoms with Crippen molar-refractivity contribution in [1.29, 1.82) is 5.41 Å². The highest BCUT2D eigenvalue weighted by Crippen LogP contribution is 2.67. The first-order valence-electron chi connectivity index (χ1n) is 14.6. The fourth-order valence-corrected chi connectivity index (χ4v) is 8.56. The Morgan fingerprint density at radius 3 is 2.17 bits per heavy atom. The summed E-state index contributed by atoms with van der Waals surface area (Å²) < 4.78 is 0. The van der Waals surface area contributed by atoms with Crippen LogP contribution in [0.5, 0.6) is 0 Å². The van der Waals surface area contributed by atoms with E-state index in [0.29, 0.717) is 29.8 Å². The quantitative estimate of drug-likeness (QED) is 0.256. The molecular formula is C30H58ClN3O2. The molecule has 1 amide bonds. The van der Waals surface area contributed by atoms with Gasteiger partial charge in [0.05, 0.1) is 0 Å². The van der Waals surface area contributed by atoms with Gasteiger partial charge in [0.1, 0.15) is 0 Å². The second-order valence-corrected chi connectivity index (χ2v) is 12.2. The van der Waals surface area contributed by atoms with Crippen LogP contribution in [-0.4, -0.2) is 55.4 Å². The minimum Gasteiger partial charge on any atom is -0.465 e. The molecule has 4 fully saturated rings. The molecule has 4 aliphatic rings. The summed E-state index contributed by atoms with van der Waals surface area (Å²) in [6, 6.07) is 0. The number of hydrogen-bond acceptors (Lipinski definition) is 3. The van der Waals surface area contributed by atoms with Crippen molar-refractivity contribution < 1.29 is 9.90 Å². The van der Waals surface area contributed by atoms with Crippen LogP contribution >= 0.6 is 11.6 Å². The molecule has 0 aromatic rings. The van der Waals surface area contributed by atoms with Gasteiger partial charge in [-0.15, -0.1) is 11.6 Å². The van der Waals surface area contributed by atoms with Gasteiger partial charge in [-0.1, -0.05) is 41.0 Å². The van der Waals surface area contributed by atoms with Crippen LogP contribution in [0.15, 0.2) is 0 Å². The lowest BCUT2D eigenvalue weighted by atomic mass is 9.44. The Balaban J connectivity index is 0.000000424. The van der Waals surface area contributed by atoms with Crippen LogP contribution in [0.1, 0.15) is 99.3 Å². The van der Waals surface area contributed by atoms with E-state index in [0.717, 1.165) is 35.3 Å². The molecule has 8 atom stereocenters. The zero-order valence-electron chi connectivity index (χ0n) is 24.9. The van der Waals surface area contributed by atoms with Crippen molar-refractivity contribution in [3.63, 3.8) is 0 Å². The van der Waals surface area contributed by atoms with Crippen LogP contribution in [0.3, 0.4) is 0 Å². The highest BCUT2D eigenvalue weighted by Gasteiger charge is 2.60. The number of likely N-dealkylation sites (N-methyl/N-ethyl adjacent to an activating group) is 2. The Labute approximate surface area is 228 Å². The fourth-order valence-electron chi connectivity index (χ4n) is 8.56. The van der Waals surface area contributed by atoms with Crippen LogP contribution in [0, 0.1) is 51.7 Å². The number of alkyl halides is 1. The van der Waals surface area contributed by atoms with Gasteiger partial charge in [-0.2, -0.15) is 0 Å². The van der Waals surface area contributed by atoms with Crippen molar-refractivity contribution >= 4 is 23.4 Å². The summed E-state index contributed by atoms with van der Waals surface area (Å²) in [5, 5.41) is 19.4. The zero-order chi connectivity index (χ0) is 27.7. The summed E-state index contributed by atoms with van der Waals surface area (Å²) in [6.45, 7) is 15.0. The molecular weight excluding hydrogens is 470 g/mol. The Hall–Kier alpha value is -0.810. The van der Waals surface area contributed by atoms with E-state index in [1.807, 2.05) is 13.8 Å². The Kier molecular flexibility index (Phi) is 13.8. The van der Waals surface area contributed by atoms with E-state index in [4.69, 9.17) is 10.5 Å². The smallest absolute Gasteiger partial charge is 0.407 e. The van der Waals surface area contributed by atoms with Gasteiger partial charge in [0, 0.05) is 38.1 Å². The number of rotatable bonds is 4. The van der Waals surface area contributed by atoms with Crippen LogP contribution in [0.4, 0.5) is 4.79 Å². The topological polar surface area (TPSA) is 76.4 Å². The maximum Gasteiger partial charge on any atom is 0.407 e. The normalized spacial score (nSPS) is 38.2. The molecule has 5 nitrogen and oxygen atoms in total. The van der Waals surface area contributed by atoms with E-state index in [9.17, 15) is 4.79 Å². The molecule has 8 unspecified atom stereocenters. The third-order valence-corrected chi connectivity index (χ3v) is 10.5. The lowest BCUT2D eigenvalue weighted by Crippen LogP contribution is -2.53. The second-order valence-electron chi connectivity index (χ2n) is 12.2. The third-order valence-electron chi connectivity index (χ3n) is 10.5. The van der Waals surface area contributed by atoms with Crippen molar-refractivity contribution in [2.75, 3.05) is 33.6 Å². The SMILES string of the molecule is CC.CC(=N)C1CCC2C3CCC4CC(C)CCC4(C)C3CCC12C.CCl.CNCCN(C)C(=O)O. The number of fused-ring (bicyclic) bond motifs is 5. The molecule has 3 N–H and O–H groups in total.